The number of aromatic nitrogens is 3. The average molecular weight is 504 g/mol. The molecule has 0 radical (unpaired) electrons. The van der Waals surface area contributed by atoms with Gasteiger partial charge < -0.3 is 19.6 Å². The van der Waals surface area contributed by atoms with Crippen molar-refractivity contribution in [2.45, 2.75) is 18.8 Å². The number of nitrogens with one attached hydrogen (secondary N) is 3. The van der Waals surface area contributed by atoms with Crippen molar-refractivity contribution in [2.24, 2.45) is 5.92 Å². The van der Waals surface area contributed by atoms with Crippen molar-refractivity contribution >= 4 is 45.2 Å². The molecule has 2 amide bonds. The number of anilines is 1. The molecule has 186 valence electrons. The lowest BCUT2D eigenvalue weighted by molar-refractivity contribution is 0.0806. The molecule has 1 aliphatic heterocycles. The lowest BCUT2D eigenvalue weighted by Crippen LogP contribution is -2.34. The minimum Gasteiger partial charge on any atom is -0.451 e. The SMILES string of the molecule is Cc1[nH]nc2c1C13CC1CN(C(=O)c1cc4cc(NC(=O)c5cc6ccccc6o5)ccc4[nH]1)C3=CC2=O. The van der Waals surface area contributed by atoms with Crippen LogP contribution in [0.3, 0.4) is 0 Å². The molecule has 2 atom stereocenters. The Labute approximate surface area is 215 Å². The highest BCUT2D eigenvalue weighted by molar-refractivity contribution is 6.09. The van der Waals surface area contributed by atoms with E-state index in [2.05, 4.69) is 20.5 Å². The van der Waals surface area contributed by atoms with Crippen LogP contribution in [-0.2, 0) is 5.41 Å². The number of nitrogens with zero attached hydrogens (tertiary/aromatic N) is 2. The Bertz CT molecular complexity index is 1870. The molecule has 0 bridgehead atoms. The van der Waals surface area contributed by atoms with Crippen molar-refractivity contribution in [1.29, 1.82) is 0 Å². The Hall–Kier alpha value is -4.92. The number of allylic oxidation sites excluding steroid dienone is 2. The highest BCUT2D eigenvalue weighted by Gasteiger charge is 2.68. The number of H-pyrrole nitrogens is 2. The maximum atomic E-state index is 13.6. The Morgan fingerprint density at radius 3 is 2.87 bits per heavy atom. The summed E-state index contributed by atoms with van der Waals surface area (Å²) in [6, 6.07) is 16.4. The predicted octanol–water partition coefficient (Wildman–Crippen LogP) is 4.69. The van der Waals surface area contributed by atoms with Crippen molar-refractivity contribution in [3.05, 3.63) is 94.8 Å². The molecule has 2 aromatic carbocycles. The fourth-order valence-corrected chi connectivity index (χ4v) is 6.36. The maximum Gasteiger partial charge on any atom is 0.291 e. The molecule has 3 aliphatic rings. The van der Waals surface area contributed by atoms with Crippen LogP contribution < -0.4 is 5.32 Å². The smallest absolute Gasteiger partial charge is 0.291 e. The molecule has 38 heavy (non-hydrogen) atoms. The Kier molecular flexibility index (Phi) is 3.96. The fourth-order valence-electron chi connectivity index (χ4n) is 6.36. The van der Waals surface area contributed by atoms with Gasteiger partial charge in [-0.25, -0.2) is 0 Å². The standard InChI is InChI=1S/C29H21N5O4/c1-14-25-26(33-32-14)21(35)11-24-29(25)12-17(29)13-34(24)28(37)20-9-16-8-18(6-7-19(16)31-20)30-27(36)23-10-15-4-2-3-5-22(15)38-23/h2-11,17,31H,12-13H2,1H3,(H,30,36)(H,32,33). The van der Waals surface area contributed by atoms with Gasteiger partial charge in [0, 0.05) is 57.0 Å². The van der Waals surface area contributed by atoms with E-state index in [9.17, 15) is 14.4 Å². The van der Waals surface area contributed by atoms with Gasteiger partial charge in [-0.15, -0.1) is 0 Å². The highest BCUT2D eigenvalue weighted by Crippen LogP contribution is 2.67. The van der Waals surface area contributed by atoms with E-state index >= 15 is 0 Å². The van der Waals surface area contributed by atoms with Gasteiger partial charge in [-0.2, -0.15) is 5.10 Å². The maximum absolute atomic E-state index is 13.6. The number of hydrogen-bond donors (Lipinski definition) is 3. The summed E-state index contributed by atoms with van der Waals surface area (Å²) < 4.78 is 5.67. The topological polar surface area (TPSA) is 124 Å². The first-order valence-electron chi connectivity index (χ1n) is 12.5. The summed E-state index contributed by atoms with van der Waals surface area (Å²) in [7, 11) is 0. The zero-order chi connectivity index (χ0) is 25.8. The van der Waals surface area contributed by atoms with Crippen molar-refractivity contribution in [1.82, 2.24) is 20.1 Å². The Morgan fingerprint density at radius 1 is 1.13 bits per heavy atom. The van der Waals surface area contributed by atoms with Gasteiger partial charge in [0.15, 0.2) is 5.76 Å². The van der Waals surface area contributed by atoms with E-state index in [1.165, 1.54) is 0 Å². The van der Waals surface area contributed by atoms with Crippen LogP contribution in [0.25, 0.3) is 21.9 Å². The molecule has 2 unspecified atom stereocenters. The van der Waals surface area contributed by atoms with Crippen molar-refractivity contribution in [3.8, 4) is 0 Å². The average Bonchev–Trinajstić information content (AvgIpc) is 3.37. The molecule has 9 nitrogen and oxygen atoms in total. The molecule has 3 aromatic heterocycles. The molecule has 5 aromatic rings. The molecule has 9 heteroatoms. The van der Waals surface area contributed by atoms with Crippen LogP contribution >= 0.6 is 0 Å². The number of carbonyl (C=O) groups is 3. The van der Waals surface area contributed by atoms with E-state index in [1.54, 1.807) is 29.2 Å². The number of likely N-dealkylation sites (tertiary alicyclic amines) is 1. The highest BCUT2D eigenvalue weighted by atomic mass is 16.3. The van der Waals surface area contributed by atoms with Crippen LogP contribution in [0.15, 0.2) is 70.8 Å². The lowest BCUT2D eigenvalue weighted by Gasteiger charge is -2.27. The van der Waals surface area contributed by atoms with Crippen molar-refractivity contribution in [3.63, 3.8) is 0 Å². The lowest BCUT2D eigenvalue weighted by atomic mass is 9.84. The minimum absolute atomic E-state index is 0.170. The Balaban J connectivity index is 1.07. The second-order valence-electron chi connectivity index (χ2n) is 10.3. The largest absolute Gasteiger partial charge is 0.451 e. The number of para-hydroxylation sites is 1. The molecule has 1 saturated heterocycles. The van der Waals surface area contributed by atoms with Crippen molar-refractivity contribution in [2.75, 3.05) is 11.9 Å². The number of amides is 2. The predicted molar refractivity (Wildman–Crippen MR) is 139 cm³/mol. The third-order valence-electron chi connectivity index (χ3n) is 8.15. The number of carbonyl (C=O) groups excluding carboxylic acids is 3. The van der Waals surface area contributed by atoms with Crippen LogP contribution in [0.4, 0.5) is 5.69 Å². The molecular weight excluding hydrogens is 482 g/mol. The van der Waals surface area contributed by atoms with E-state index in [0.29, 0.717) is 29.2 Å². The summed E-state index contributed by atoms with van der Waals surface area (Å²) in [6.45, 7) is 2.50. The number of piperidine rings is 1. The first kappa shape index (κ1) is 21.2. The number of aromatic amines is 2. The summed E-state index contributed by atoms with van der Waals surface area (Å²) in [5.74, 6) is -0.188. The van der Waals surface area contributed by atoms with Crippen LogP contribution in [0.2, 0.25) is 0 Å². The van der Waals surface area contributed by atoms with E-state index in [1.807, 2.05) is 43.3 Å². The summed E-state index contributed by atoms with van der Waals surface area (Å²) in [6.07, 6.45) is 2.51. The summed E-state index contributed by atoms with van der Waals surface area (Å²) in [5, 5.41) is 11.7. The number of furan rings is 1. The molecule has 4 heterocycles. The van der Waals surface area contributed by atoms with E-state index < -0.39 is 0 Å². The number of hydrogen-bond acceptors (Lipinski definition) is 5. The summed E-state index contributed by atoms with van der Waals surface area (Å²) >= 11 is 0. The number of aryl methyl sites for hydroxylation is 1. The second kappa shape index (κ2) is 7.10. The Morgan fingerprint density at radius 2 is 2.00 bits per heavy atom. The quantitative estimate of drug-likeness (QED) is 0.329. The number of fused-ring (bicyclic) bond motifs is 3. The third kappa shape index (κ3) is 2.75. The monoisotopic (exact) mass is 503 g/mol. The molecular formula is C29H21N5O4. The summed E-state index contributed by atoms with van der Waals surface area (Å²) in [4.78, 5) is 44.1. The van der Waals surface area contributed by atoms with E-state index in [0.717, 1.165) is 39.7 Å². The first-order valence-corrected chi connectivity index (χ1v) is 12.5. The van der Waals surface area contributed by atoms with Crippen LogP contribution in [0, 0.1) is 12.8 Å². The zero-order valence-electron chi connectivity index (χ0n) is 20.3. The number of ketones is 1. The van der Waals surface area contributed by atoms with E-state index in [4.69, 9.17) is 4.42 Å². The number of benzene rings is 2. The number of rotatable bonds is 3. The molecule has 2 aliphatic carbocycles. The van der Waals surface area contributed by atoms with E-state index in [-0.39, 0.29) is 34.7 Å². The van der Waals surface area contributed by atoms with Crippen LogP contribution in [0.5, 0.6) is 0 Å². The van der Waals surface area contributed by atoms with Gasteiger partial charge in [0.1, 0.15) is 17.0 Å². The molecule has 3 N–H and O–H groups in total. The second-order valence-corrected chi connectivity index (χ2v) is 10.3. The zero-order valence-corrected chi connectivity index (χ0v) is 20.3. The van der Waals surface area contributed by atoms with Gasteiger partial charge in [-0.3, -0.25) is 19.5 Å². The minimum atomic E-state index is -0.350. The fraction of sp³-hybridized carbons (Fsp3) is 0.172. The molecule has 1 saturated carbocycles. The molecule has 2 fully saturated rings. The van der Waals surface area contributed by atoms with Gasteiger partial charge in [0.05, 0.1) is 0 Å². The first-order chi connectivity index (χ1) is 18.4. The van der Waals surface area contributed by atoms with Gasteiger partial charge in [0.2, 0.25) is 5.78 Å². The normalized spacial score (nSPS) is 21.3. The van der Waals surface area contributed by atoms with Crippen LogP contribution in [-0.4, -0.2) is 44.2 Å². The van der Waals surface area contributed by atoms with Crippen molar-refractivity contribution < 1.29 is 18.8 Å². The van der Waals surface area contributed by atoms with Gasteiger partial charge in [0.25, 0.3) is 11.8 Å². The molecule has 1 spiro atoms. The molecule has 8 rings (SSSR count). The van der Waals surface area contributed by atoms with Gasteiger partial charge in [-0.1, -0.05) is 18.2 Å². The third-order valence-corrected chi connectivity index (χ3v) is 8.15. The summed E-state index contributed by atoms with van der Waals surface area (Å²) in [5.41, 5.74) is 5.23. The van der Waals surface area contributed by atoms with Gasteiger partial charge in [-0.05, 0) is 55.7 Å². The van der Waals surface area contributed by atoms with Crippen LogP contribution in [0.1, 0.15) is 49.2 Å². The van der Waals surface area contributed by atoms with Gasteiger partial charge >= 0.3 is 0 Å².